The van der Waals surface area contributed by atoms with Crippen LogP contribution in [0.3, 0.4) is 0 Å². The van der Waals surface area contributed by atoms with Crippen molar-refractivity contribution in [3.8, 4) is 17.2 Å². The quantitative estimate of drug-likeness (QED) is 0.466. The summed E-state index contributed by atoms with van der Waals surface area (Å²) < 4.78 is 30.4. The third-order valence-corrected chi connectivity index (χ3v) is 8.44. The lowest BCUT2D eigenvalue weighted by Gasteiger charge is -2.31. The number of thioether (sulfide) groups is 1. The maximum Gasteiger partial charge on any atom is 0.265 e. The molecule has 0 radical (unpaired) electrons. The fraction of sp³-hybridized carbons (Fsp3) is 0.130. The van der Waals surface area contributed by atoms with E-state index in [0.717, 1.165) is 26.9 Å². The molecule has 0 spiro atoms. The first kappa shape index (κ1) is 19.7. The molecule has 8 heteroatoms. The number of nitrogens with zero attached hydrogens (tertiary/aromatic N) is 4. The second-order valence-electron chi connectivity index (χ2n) is 7.27. The van der Waals surface area contributed by atoms with Crippen LogP contribution in [0, 0.1) is 11.3 Å². The summed E-state index contributed by atoms with van der Waals surface area (Å²) in [6, 6.07) is 16.6. The number of aryl methyl sites for hydroxylation is 1. The standard InChI is InChI=1S/C23H18N4O2S2/c1-26-9-8-16-6-7-17(12-20(16)26)19-14-25-15-21-23(19)30-11-10-27(21)31(28,29)22-5-3-2-4-18(22)13-24/h2-9,12,14-15H,10-11H2,1H3. The van der Waals surface area contributed by atoms with E-state index in [1.54, 1.807) is 36.3 Å². The van der Waals surface area contributed by atoms with E-state index in [2.05, 4.69) is 27.8 Å². The minimum absolute atomic E-state index is 0.0194. The Bertz CT molecular complexity index is 1470. The van der Waals surface area contributed by atoms with Gasteiger partial charge in [0, 0.05) is 47.7 Å². The molecule has 1 aliphatic rings. The third-order valence-electron chi connectivity index (χ3n) is 5.46. The van der Waals surface area contributed by atoms with Crippen LogP contribution in [0.5, 0.6) is 0 Å². The van der Waals surface area contributed by atoms with Crippen molar-refractivity contribution in [1.29, 1.82) is 5.26 Å². The van der Waals surface area contributed by atoms with Gasteiger partial charge in [0.15, 0.2) is 0 Å². The van der Waals surface area contributed by atoms with E-state index in [4.69, 9.17) is 0 Å². The van der Waals surface area contributed by atoms with Gasteiger partial charge in [-0.1, -0.05) is 24.3 Å². The molecule has 2 aromatic heterocycles. The Morgan fingerprint density at radius 3 is 2.81 bits per heavy atom. The van der Waals surface area contributed by atoms with Gasteiger partial charge < -0.3 is 4.57 Å². The van der Waals surface area contributed by atoms with Gasteiger partial charge in [0.1, 0.15) is 11.0 Å². The van der Waals surface area contributed by atoms with Gasteiger partial charge in [-0.3, -0.25) is 9.29 Å². The Hall–Kier alpha value is -3.28. The molecule has 4 aromatic rings. The molecule has 1 aliphatic heterocycles. The molecule has 6 nitrogen and oxygen atoms in total. The number of rotatable bonds is 3. The van der Waals surface area contributed by atoms with Crippen LogP contribution in [0.1, 0.15) is 5.56 Å². The van der Waals surface area contributed by atoms with Gasteiger partial charge in [-0.05, 0) is 35.2 Å². The zero-order valence-corrected chi connectivity index (χ0v) is 18.3. The van der Waals surface area contributed by atoms with Crippen molar-refractivity contribution in [2.75, 3.05) is 16.6 Å². The molecule has 3 heterocycles. The molecule has 0 saturated heterocycles. The predicted molar refractivity (Wildman–Crippen MR) is 123 cm³/mol. The molecule has 0 N–H and O–H groups in total. The first-order chi connectivity index (χ1) is 15.0. The highest BCUT2D eigenvalue weighted by Crippen LogP contribution is 2.43. The number of pyridine rings is 1. The van der Waals surface area contributed by atoms with E-state index in [-0.39, 0.29) is 10.5 Å². The van der Waals surface area contributed by atoms with E-state index >= 15 is 0 Å². The van der Waals surface area contributed by atoms with Crippen molar-refractivity contribution in [2.24, 2.45) is 7.05 Å². The fourth-order valence-corrected chi connectivity index (χ4v) is 6.80. The lowest BCUT2D eigenvalue weighted by Crippen LogP contribution is -2.36. The Labute approximate surface area is 184 Å². The lowest BCUT2D eigenvalue weighted by atomic mass is 10.1. The van der Waals surface area contributed by atoms with Crippen molar-refractivity contribution in [1.82, 2.24) is 9.55 Å². The van der Waals surface area contributed by atoms with Crippen molar-refractivity contribution < 1.29 is 8.42 Å². The van der Waals surface area contributed by atoms with Crippen LogP contribution >= 0.6 is 11.8 Å². The number of hydrogen-bond acceptors (Lipinski definition) is 5. The molecule has 0 bridgehead atoms. The zero-order chi connectivity index (χ0) is 21.6. The smallest absolute Gasteiger partial charge is 0.265 e. The number of sulfonamides is 1. The number of anilines is 1. The van der Waals surface area contributed by atoms with Gasteiger partial charge in [0.25, 0.3) is 10.0 Å². The summed E-state index contributed by atoms with van der Waals surface area (Å²) >= 11 is 1.63. The highest BCUT2D eigenvalue weighted by Gasteiger charge is 2.32. The summed E-state index contributed by atoms with van der Waals surface area (Å²) in [5, 5.41) is 10.6. The van der Waals surface area contributed by atoms with E-state index in [1.165, 1.54) is 16.4 Å². The molecule has 0 amide bonds. The van der Waals surface area contributed by atoms with Crippen LogP contribution in [0.4, 0.5) is 5.69 Å². The van der Waals surface area contributed by atoms with Crippen LogP contribution < -0.4 is 4.31 Å². The van der Waals surface area contributed by atoms with Gasteiger partial charge in [-0.2, -0.15) is 5.26 Å². The molecule has 2 aromatic carbocycles. The predicted octanol–water partition coefficient (Wildman–Crippen LogP) is 4.41. The van der Waals surface area contributed by atoms with Crippen LogP contribution in [-0.2, 0) is 17.1 Å². The number of fused-ring (bicyclic) bond motifs is 2. The maximum atomic E-state index is 13.5. The molecule has 0 aliphatic carbocycles. The second-order valence-corrected chi connectivity index (χ2v) is 10.2. The molecule has 0 saturated carbocycles. The average molecular weight is 447 g/mol. The minimum Gasteiger partial charge on any atom is -0.351 e. The summed E-state index contributed by atoms with van der Waals surface area (Å²) in [7, 11) is -1.90. The van der Waals surface area contributed by atoms with Crippen LogP contribution in [0.2, 0.25) is 0 Å². The van der Waals surface area contributed by atoms with Crippen LogP contribution in [0.15, 0.2) is 76.9 Å². The zero-order valence-electron chi connectivity index (χ0n) is 16.7. The van der Waals surface area contributed by atoms with Crippen LogP contribution in [-0.4, -0.2) is 30.3 Å². The first-order valence-corrected chi connectivity index (χ1v) is 12.1. The molecule has 0 atom stereocenters. The van der Waals surface area contributed by atoms with E-state index in [0.29, 0.717) is 18.0 Å². The summed E-state index contributed by atoms with van der Waals surface area (Å²) in [5.74, 6) is 0.615. The Kier molecular flexibility index (Phi) is 4.73. The number of hydrogen-bond donors (Lipinski definition) is 0. The van der Waals surface area contributed by atoms with Gasteiger partial charge in [0.05, 0.1) is 17.4 Å². The average Bonchev–Trinajstić information content (AvgIpc) is 3.18. The lowest BCUT2D eigenvalue weighted by molar-refractivity contribution is 0.591. The molecule has 31 heavy (non-hydrogen) atoms. The molecule has 0 fully saturated rings. The van der Waals surface area contributed by atoms with Crippen LogP contribution in [0.25, 0.3) is 22.0 Å². The van der Waals surface area contributed by atoms with Crippen molar-refractivity contribution in [3.63, 3.8) is 0 Å². The number of benzene rings is 2. The molecular formula is C23H18N4O2S2. The molecule has 5 rings (SSSR count). The summed E-state index contributed by atoms with van der Waals surface area (Å²) in [5.41, 5.74) is 3.68. The third kappa shape index (κ3) is 3.17. The van der Waals surface area contributed by atoms with Crippen molar-refractivity contribution in [2.45, 2.75) is 9.79 Å². The molecular weight excluding hydrogens is 428 g/mol. The highest BCUT2D eigenvalue weighted by molar-refractivity contribution is 8.00. The molecule has 0 unspecified atom stereocenters. The monoisotopic (exact) mass is 446 g/mol. The summed E-state index contributed by atoms with van der Waals surface area (Å²) in [6.45, 7) is 0.321. The fourth-order valence-electron chi connectivity index (χ4n) is 3.91. The molecule has 154 valence electrons. The Morgan fingerprint density at radius 1 is 1.13 bits per heavy atom. The minimum atomic E-state index is -3.90. The Balaban J connectivity index is 1.66. The van der Waals surface area contributed by atoms with E-state index in [9.17, 15) is 13.7 Å². The number of nitriles is 1. The second kappa shape index (κ2) is 7.45. The normalized spacial score (nSPS) is 13.7. The van der Waals surface area contributed by atoms with Gasteiger partial charge in [-0.15, -0.1) is 11.8 Å². The largest absolute Gasteiger partial charge is 0.351 e. The van der Waals surface area contributed by atoms with Gasteiger partial charge in [0.2, 0.25) is 0 Å². The Morgan fingerprint density at radius 2 is 1.97 bits per heavy atom. The number of aromatic nitrogens is 2. The van der Waals surface area contributed by atoms with Crippen molar-refractivity contribution in [3.05, 3.63) is 72.7 Å². The van der Waals surface area contributed by atoms with Gasteiger partial charge >= 0.3 is 0 Å². The first-order valence-electron chi connectivity index (χ1n) is 9.69. The van der Waals surface area contributed by atoms with Crippen molar-refractivity contribution >= 4 is 38.4 Å². The highest BCUT2D eigenvalue weighted by atomic mass is 32.2. The summed E-state index contributed by atoms with van der Waals surface area (Å²) in [4.78, 5) is 5.27. The maximum absolute atomic E-state index is 13.5. The van der Waals surface area contributed by atoms with E-state index < -0.39 is 10.0 Å². The topological polar surface area (TPSA) is 79.0 Å². The van der Waals surface area contributed by atoms with E-state index in [1.807, 2.05) is 25.4 Å². The SMILES string of the molecule is Cn1ccc2ccc(-c3cncc4c3SCCN4S(=O)(=O)c3ccccc3C#N)cc21. The summed E-state index contributed by atoms with van der Waals surface area (Å²) in [6.07, 6.45) is 5.40. The van der Waals surface area contributed by atoms with Gasteiger partial charge in [-0.25, -0.2) is 8.42 Å².